The summed E-state index contributed by atoms with van der Waals surface area (Å²) in [6, 6.07) is 2.57. The Bertz CT molecular complexity index is 518. The normalized spacial score (nSPS) is 16.5. The standard InChI is InChI=1S/C13H19N3O3/c1-11-12(16(18)19)5-6-13(17)15(11)10-9-14-7-3-2-4-8-14/h5-6H,2-4,7-10H2,1H3. The minimum atomic E-state index is -0.438. The number of nitro groups is 1. The van der Waals surface area contributed by atoms with Crippen molar-refractivity contribution in [2.45, 2.75) is 32.7 Å². The van der Waals surface area contributed by atoms with E-state index in [9.17, 15) is 14.9 Å². The van der Waals surface area contributed by atoms with Gasteiger partial charge in [0.2, 0.25) is 0 Å². The van der Waals surface area contributed by atoms with Gasteiger partial charge in [0.15, 0.2) is 0 Å². The number of hydrogen-bond acceptors (Lipinski definition) is 4. The summed E-state index contributed by atoms with van der Waals surface area (Å²) in [5, 5.41) is 10.9. The Morgan fingerprint density at radius 1 is 1.21 bits per heavy atom. The molecule has 0 amide bonds. The van der Waals surface area contributed by atoms with Crippen LogP contribution in [0.15, 0.2) is 16.9 Å². The molecule has 0 bridgehead atoms. The lowest BCUT2D eigenvalue weighted by molar-refractivity contribution is -0.386. The predicted octanol–water partition coefficient (Wildman–Crippen LogP) is 1.55. The fourth-order valence-electron chi connectivity index (χ4n) is 2.56. The van der Waals surface area contributed by atoms with Crippen LogP contribution in [0, 0.1) is 17.0 Å². The van der Waals surface area contributed by atoms with Crippen LogP contribution >= 0.6 is 0 Å². The van der Waals surface area contributed by atoms with Gasteiger partial charge in [-0.3, -0.25) is 14.9 Å². The molecular formula is C13H19N3O3. The number of pyridine rings is 1. The SMILES string of the molecule is Cc1c([N+](=O)[O-])ccc(=O)n1CCN1CCCCC1. The van der Waals surface area contributed by atoms with Crippen molar-refractivity contribution in [3.05, 3.63) is 38.3 Å². The van der Waals surface area contributed by atoms with Crippen molar-refractivity contribution in [1.29, 1.82) is 0 Å². The van der Waals surface area contributed by atoms with Crippen molar-refractivity contribution in [2.75, 3.05) is 19.6 Å². The Kier molecular flexibility index (Phi) is 4.31. The van der Waals surface area contributed by atoms with Crippen LogP contribution in [0.25, 0.3) is 0 Å². The van der Waals surface area contributed by atoms with Gasteiger partial charge in [-0.2, -0.15) is 0 Å². The number of rotatable bonds is 4. The largest absolute Gasteiger partial charge is 0.305 e. The first-order valence-corrected chi connectivity index (χ1v) is 6.67. The van der Waals surface area contributed by atoms with Gasteiger partial charge >= 0.3 is 0 Å². The van der Waals surface area contributed by atoms with E-state index in [1.165, 1.54) is 36.0 Å². The van der Waals surface area contributed by atoms with Gasteiger partial charge in [0.1, 0.15) is 0 Å². The number of aromatic nitrogens is 1. The van der Waals surface area contributed by atoms with E-state index in [4.69, 9.17) is 0 Å². The second kappa shape index (κ2) is 5.97. The Morgan fingerprint density at radius 3 is 2.53 bits per heavy atom. The highest BCUT2D eigenvalue weighted by atomic mass is 16.6. The topological polar surface area (TPSA) is 68.4 Å². The van der Waals surface area contributed by atoms with E-state index >= 15 is 0 Å². The Hall–Kier alpha value is -1.69. The Balaban J connectivity index is 2.12. The first kappa shape index (κ1) is 13.7. The molecule has 6 nitrogen and oxygen atoms in total. The number of piperidine rings is 1. The summed E-state index contributed by atoms with van der Waals surface area (Å²) in [5.74, 6) is 0. The summed E-state index contributed by atoms with van der Waals surface area (Å²) >= 11 is 0. The summed E-state index contributed by atoms with van der Waals surface area (Å²) in [6.45, 7) is 5.05. The van der Waals surface area contributed by atoms with E-state index in [-0.39, 0.29) is 11.2 Å². The van der Waals surface area contributed by atoms with Gasteiger partial charge < -0.3 is 9.47 Å². The Morgan fingerprint density at radius 2 is 1.89 bits per heavy atom. The van der Waals surface area contributed by atoms with Crippen molar-refractivity contribution < 1.29 is 4.92 Å². The molecule has 0 spiro atoms. The first-order chi connectivity index (χ1) is 9.09. The van der Waals surface area contributed by atoms with E-state index in [2.05, 4.69) is 4.90 Å². The van der Waals surface area contributed by atoms with Crippen LogP contribution in [0.1, 0.15) is 25.0 Å². The maximum Gasteiger partial charge on any atom is 0.288 e. The van der Waals surface area contributed by atoms with E-state index in [1.54, 1.807) is 6.92 Å². The minimum Gasteiger partial charge on any atom is -0.305 e. The van der Waals surface area contributed by atoms with Crippen molar-refractivity contribution in [3.63, 3.8) is 0 Å². The van der Waals surface area contributed by atoms with Crippen LogP contribution < -0.4 is 5.56 Å². The first-order valence-electron chi connectivity index (χ1n) is 6.67. The van der Waals surface area contributed by atoms with Crippen molar-refractivity contribution in [2.24, 2.45) is 0 Å². The van der Waals surface area contributed by atoms with Gasteiger partial charge in [-0.05, 0) is 32.9 Å². The average molecular weight is 265 g/mol. The maximum atomic E-state index is 11.8. The van der Waals surface area contributed by atoms with Crippen molar-refractivity contribution in [3.8, 4) is 0 Å². The highest BCUT2D eigenvalue weighted by molar-refractivity contribution is 5.34. The monoisotopic (exact) mass is 265 g/mol. The molecule has 1 fully saturated rings. The van der Waals surface area contributed by atoms with Gasteiger partial charge in [-0.25, -0.2) is 0 Å². The maximum absolute atomic E-state index is 11.8. The fraction of sp³-hybridized carbons (Fsp3) is 0.615. The lowest BCUT2D eigenvalue weighted by Gasteiger charge is -2.26. The lowest BCUT2D eigenvalue weighted by Crippen LogP contribution is -2.35. The molecule has 0 aromatic carbocycles. The van der Waals surface area contributed by atoms with Crippen LogP contribution in [-0.4, -0.2) is 34.0 Å². The zero-order valence-corrected chi connectivity index (χ0v) is 11.2. The Labute approximate surface area is 111 Å². The predicted molar refractivity (Wildman–Crippen MR) is 72.4 cm³/mol. The molecule has 1 aromatic heterocycles. The smallest absolute Gasteiger partial charge is 0.288 e. The summed E-state index contributed by atoms with van der Waals surface area (Å²) in [6.07, 6.45) is 3.66. The summed E-state index contributed by atoms with van der Waals surface area (Å²) in [7, 11) is 0. The summed E-state index contributed by atoms with van der Waals surface area (Å²) in [5.41, 5.74) is 0.285. The van der Waals surface area contributed by atoms with Gasteiger partial charge in [-0.1, -0.05) is 6.42 Å². The molecule has 0 N–H and O–H groups in total. The second-order valence-electron chi connectivity index (χ2n) is 4.95. The van der Waals surface area contributed by atoms with Crippen LogP contribution in [0.2, 0.25) is 0 Å². The lowest BCUT2D eigenvalue weighted by atomic mass is 10.1. The zero-order chi connectivity index (χ0) is 13.8. The molecule has 1 aromatic rings. The molecule has 0 unspecified atom stereocenters. The van der Waals surface area contributed by atoms with Gasteiger partial charge in [0.05, 0.1) is 10.6 Å². The van der Waals surface area contributed by atoms with E-state index in [0.717, 1.165) is 19.6 Å². The molecule has 0 radical (unpaired) electrons. The molecule has 0 aliphatic carbocycles. The zero-order valence-electron chi connectivity index (χ0n) is 11.2. The molecule has 1 aliphatic rings. The van der Waals surface area contributed by atoms with E-state index in [1.807, 2.05) is 0 Å². The molecule has 104 valence electrons. The van der Waals surface area contributed by atoms with Crippen LogP contribution in [0.5, 0.6) is 0 Å². The van der Waals surface area contributed by atoms with Crippen LogP contribution in [-0.2, 0) is 6.54 Å². The van der Waals surface area contributed by atoms with Crippen LogP contribution in [0.4, 0.5) is 5.69 Å². The van der Waals surface area contributed by atoms with Crippen molar-refractivity contribution in [1.82, 2.24) is 9.47 Å². The van der Waals surface area contributed by atoms with Crippen LogP contribution in [0.3, 0.4) is 0 Å². The molecule has 0 saturated carbocycles. The molecule has 1 aliphatic heterocycles. The average Bonchev–Trinajstić information content (AvgIpc) is 2.39. The quantitative estimate of drug-likeness (QED) is 0.612. The minimum absolute atomic E-state index is 0.0123. The van der Waals surface area contributed by atoms with Gasteiger partial charge in [-0.15, -0.1) is 0 Å². The molecule has 2 rings (SSSR count). The van der Waals surface area contributed by atoms with E-state index < -0.39 is 4.92 Å². The highest BCUT2D eigenvalue weighted by Crippen LogP contribution is 2.15. The third-order valence-corrected chi connectivity index (χ3v) is 3.71. The molecule has 6 heteroatoms. The van der Waals surface area contributed by atoms with E-state index in [0.29, 0.717) is 12.2 Å². The molecule has 19 heavy (non-hydrogen) atoms. The number of hydrogen-bond donors (Lipinski definition) is 0. The molecular weight excluding hydrogens is 246 g/mol. The molecule has 2 heterocycles. The van der Waals surface area contributed by atoms with Gasteiger partial charge in [0, 0.05) is 25.2 Å². The number of nitrogens with zero attached hydrogens (tertiary/aromatic N) is 3. The number of likely N-dealkylation sites (tertiary alicyclic amines) is 1. The van der Waals surface area contributed by atoms with Crippen molar-refractivity contribution >= 4 is 5.69 Å². The van der Waals surface area contributed by atoms with Gasteiger partial charge in [0.25, 0.3) is 11.2 Å². The molecule has 1 saturated heterocycles. The summed E-state index contributed by atoms with van der Waals surface area (Å²) < 4.78 is 1.51. The summed E-state index contributed by atoms with van der Waals surface area (Å²) in [4.78, 5) is 24.6. The third kappa shape index (κ3) is 3.20. The molecule has 0 atom stereocenters. The highest BCUT2D eigenvalue weighted by Gasteiger charge is 2.16. The fourth-order valence-corrected chi connectivity index (χ4v) is 2.56. The second-order valence-corrected chi connectivity index (χ2v) is 4.95. The third-order valence-electron chi connectivity index (χ3n) is 3.71.